The Kier molecular flexibility index (Phi) is 4.70. The first kappa shape index (κ1) is 18.2. The van der Waals surface area contributed by atoms with Gasteiger partial charge in [0.2, 0.25) is 5.91 Å². The average molecular weight is 390 g/mol. The van der Waals surface area contributed by atoms with Crippen molar-refractivity contribution < 1.29 is 9.59 Å². The number of pyridine rings is 1. The molecular formula is C23H26N4O2. The highest BCUT2D eigenvalue weighted by Crippen LogP contribution is 2.31. The van der Waals surface area contributed by atoms with Crippen molar-refractivity contribution in [3.05, 3.63) is 53.7 Å². The van der Waals surface area contributed by atoms with Gasteiger partial charge in [-0.05, 0) is 49.4 Å². The van der Waals surface area contributed by atoms with Crippen LogP contribution in [0.1, 0.15) is 35.2 Å². The number of carbonyl (C=O) groups excluding carboxylic acids is 2. The molecule has 1 saturated heterocycles. The Morgan fingerprint density at radius 2 is 1.79 bits per heavy atom. The SMILES string of the molecule is O=C(C1CC1)N1CCCN(c2ccc(C(=O)N3CCc4ccccc43)cn2)CC1. The lowest BCUT2D eigenvalue weighted by Gasteiger charge is -2.23. The van der Waals surface area contributed by atoms with Gasteiger partial charge < -0.3 is 14.7 Å². The molecule has 1 saturated carbocycles. The predicted octanol–water partition coefficient (Wildman–Crippen LogP) is 2.73. The van der Waals surface area contributed by atoms with Gasteiger partial charge in [0.05, 0.1) is 5.56 Å². The lowest BCUT2D eigenvalue weighted by atomic mass is 10.2. The fourth-order valence-electron chi connectivity index (χ4n) is 4.36. The van der Waals surface area contributed by atoms with E-state index < -0.39 is 0 Å². The van der Waals surface area contributed by atoms with Crippen LogP contribution in [0, 0.1) is 5.92 Å². The fraction of sp³-hybridized carbons (Fsp3) is 0.435. The number of hydrogen-bond acceptors (Lipinski definition) is 4. The highest BCUT2D eigenvalue weighted by Gasteiger charge is 2.34. The predicted molar refractivity (Wildman–Crippen MR) is 112 cm³/mol. The zero-order valence-corrected chi connectivity index (χ0v) is 16.6. The summed E-state index contributed by atoms with van der Waals surface area (Å²) in [4.78, 5) is 36.0. The standard InChI is InChI=1S/C23H26N4O2/c28-22(18-6-7-18)26-12-3-11-25(14-15-26)21-9-8-19(16-24-21)23(29)27-13-10-17-4-1-2-5-20(17)27/h1-2,4-5,8-9,16,18H,3,6-7,10-15H2. The molecule has 6 heteroatoms. The summed E-state index contributed by atoms with van der Waals surface area (Å²) < 4.78 is 0. The van der Waals surface area contributed by atoms with Crippen molar-refractivity contribution in [2.45, 2.75) is 25.7 Å². The van der Waals surface area contributed by atoms with Crippen LogP contribution in [0.5, 0.6) is 0 Å². The maximum absolute atomic E-state index is 13.0. The molecule has 6 nitrogen and oxygen atoms in total. The Hall–Kier alpha value is -2.89. The average Bonchev–Trinajstić information content (AvgIpc) is 3.56. The number of fused-ring (bicyclic) bond motifs is 1. The summed E-state index contributed by atoms with van der Waals surface area (Å²) >= 11 is 0. The van der Waals surface area contributed by atoms with E-state index in [2.05, 4.69) is 16.0 Å². The van der Waals surface area contributed by atoms with E-state index in [1.807, 2.05) is 40.1 Å². The van der Waals surface area contributed by atoms with E-state index in [-0.39, 0.29) is 11.8 Å². The van der Waals surface area contributed by atoms with Crippen molar-refractivity contribution in [1.29, 1.82) is 0 Å². The monoisotopic (exact) mass is 390 g/mol. The Morgan fingerprint density at radius 3 is 2.59 bits per heavy atom. The molecule has 1 aromatic carbocycles. The first-order valence-corrected chi connectivity index (χ1v) is 10.6. The van der Waals surface area contributed by atoms with Gasteiger partial charge in [-0.3, -0.25) is 9.59 Å². The minimum absolute atomic E-state index is 0.00562. The van der Waals surface area contributed by atoms with Crippen LogP contribution in [0.2, 0.25) is 0 Å². The Balaban J connectivity index is 1.26. The molecule has 5 rings (SSSR count). The molecule has 0 spiro atoms. The van der Waals surface area contributed by atoms with E-state index >= 15 is 0 Å². The molecule has 0 unspecified atom stereocenters. The molecule has 2 fully saturated rings. The molecule has 0 atom stereocenters. The largest absolute Gasteiger partial charge is 0.355 e. The van der Waals surface area contributed by atoms with Gasteiger partial charge in [-0.2, -0.15) is 0 Å². The maximum atomic E-state index is 13.0. The van der Waals surface area contributed by atoms with Crippen LogP contribution in [0.15, 0.2) is 42.6 Å². The topological polar surface area (TPSA) is 56.8 Å². The first-order chi connectivity index (χ1) is 14.2. The number of carbonyl (C=O) groups is 2. The van der Waals surface area contributed by atoms with E-state index in [4.69, 9.17) is 0 Å². The molecule has 2 amide bonds. The highest BCUT2D eigenvalue weighted by atomic mass is 16.2. The lowest BCUT2D eigenvalue weighted by Crippen LogP contribution is -2.36. The number of aromatic nitrogens is 1. The van der Waals surface area contributed by atoms with Crippen molar-refractivity contribution in [3.63, 3.8) is 0 Å². The van der Waals surface area contributed by atoms with Crippen LogP contribution < -0.4 is 9.80 Å². The van der Waals surface area contributed by atoms with Crippen LogP contribution >= 0.6 is 0 Å². The molecule has 29 heavy (non-hydrogen) atoms. The van der Waals surface area contributed by atoms with Gasteiger partial charge in [-0.1, -0.05) is 18.2 Å². The van der Waals surface area contributed by atoms with Gasteiger partial charge in [0.15, 0.2) is 0 Å². The van der Waals surface area contributed by atoms with Crippen LogP contribution in [0.4, 0.5) is 11.5 Å². The molecule has 0 N–H and O–H groups in total. The molecule has 3 heterocycles. The number of benzene rings is 1. The van der Waals surface area contributed by atoms with Crippen LogP contribution in [-0.4, -0.2) is 54.4 Å². The zero-order valence-electron chi connectivity index (χ0n) is 16.6. The first-order valence-electron chi connectivity index (χ1n) is 10.6. The highest BCUT2D eigenvalue weighted by molar-refractivity contribution is 6.07. The number of hydrogen-bond donors (Lipinski definition) is 0. The molecule has 2 aliphatic heterocycles. The van der Waals surface area contributed by atoms with Crippen molar-refractivity contribution in [2.24, 2.45) is 5.92 Å². The summed E-state index contributed by atoms with van der Waals surface area (Å²) in [6.07, 6.45) is 5.65. The van der Waals surface area contributed by atoms with Crippen molar-refractivity contribution in [1.82, 2.24) is 9.88 Å². The van der Waals surface area contributed by atoms with Crippen LogP contribution in [-0.2, 0) is 11.2 Å². The summed E-state index contributed by atoms with van der Waals surface area (Å²) in [5, 5.41) is 0. The van der Waals surface area contributed by atoms with E-state index in [1.165, 1.54) is 5.56 Å². The van der Waals surface area contributed by atoms with Gasteiger partial charge in [0, 0.05) is 50.5 Å². The summed E-state index contributed by atoms with van der Waals surface area (Å²) in [6.45, 7) is 3.97. The van der Waals surface area contributed by atoms with Crippen molar-refractivity contribution in [2.75, 3.05) is 42.5 Å². The summed E-state index contributed by atoms with van der Waals surface area (Å²) in [7, 11) is 0. The Labute approximate surface area is 171 Å². The summed E-state index contributed by atoms with van der Waals surface area (Å²) in [5.74, 6) is 1.49. The van der Waals surface area contributed by atoms with E-state index in [0.29, 0.717) is 11.5 Å². The lowest BCUT2D eigenvalue weighted by molar-refractivity contribution is -0.132. The summed E-state index contributed by atoms with van der Waals surface area (Å²) in [6, 6.07) is 11.9. The number of amides is 2. The van der Waals surface area contributed by atoms with E-state index in [0.717, 1.165) is 69.9 Å². The van der Waals surface area contributed by atoms with Gasteiger partial charge in [0.25, 0.3) is 5.91 Å². The Bertz CT molecular complexity index is 923. The van der Waals surface area contributed by atoms with Crippen molar-refractivity contribution >= 4 is 23.3 Å². The minimum Gasteiger partial charge on any atom is -0.355 e. The molecule has 1 aromatic heterocycles. The molecule has 150 valence electrons. The van der Waals surface area contributed by atoms with Crippen molar-refractivity contribution in [3.8, 4) is 0 Å². The van der Waals surface area contributed by atoms with Crippen LogP contribution in [0.3, 0.4) is 0 Å². The van der Waals surface area contributed by atoms with Gasteiger partial charge in [0.1, 0.15) is 5.82 Å². The maximum Gasteiger partial charge on any atom is 0.259 e. The van der Waals surface area contributed by atoms with Gasteiger partial charge >= 0.3 is 0 Å². The second-order valence-electron chi connectivity index (χ2n) is 8.18. The molecule has 0 radical (unpaired) electrons. The van der Waals surface area contributed by atoms with Gasteiger partial charge in [-0.25, -0.2) is 4.98 Å². The molecule has 3 aliphatic rings. The number of anilines is 2. The third-order valence-electron chi connectivity index (χ3n) is 6.19. The summed E-state index contributed by atoms with van der Waals surface area (Å²) in [5.41, 5.74) is 2.85. The van der Waals surface area contributed by atoms with Gasteiger partial charge in [-0.15, -0.1) is 0 Å². The molecule has 0 bridgehead atoms. The third kappa shape index (κ3) is 3.59. The second kappa shape index (κ2) is 7.50. The number of nitrogens with zero attached hydrogens (tertiary/aromatic N) is 4. The smallest absolute Gasteiger partial charge is 0.259 e. The van der Waals surface area contributed by atoms with Crippen LogP contribution in [0.25, 0.3) is 0 Å². The minimum atomic E-state index is 0.00562. The molecular weight excluding hydrogens is 364 g/mol. The Morgan fingerprint density at radius 1 is 0.931 bits per heavy atom. The zero-order chi connectivity index (χ0) is 19.8. The fourth-order valence-corrected chi connectivity index (χ4v) is 4.36. The molecule has 1 aliphatic carbocycles. The second-order valence-corrected chi connectivity index (χ2v) is 8.18. The molecule has 2 aromatic rings. The number of rotatable bonds is 3. The van der Waals surface area contributed by atoms with E-state index in [9.17, 15) is 9.59 Å². The third-order valence-corrected chi connectivity index (χ3v) is 6.19. The quantitative estimate of drug-likeness (QED) is 0.809. The van der Waals surface area contributed by atoms with E-state index in [1.54, 1.807) is 6.20 Å². The normalized spacial score (nSPS) is 19.1. The number of para-hydroxylation sites is 1.